The van der Waals surface area contributed by atoms with Gasteiger partial charge < -0.3 is 19.3 Å². The van der Waals surface area contributed by atoms with Crippen LogP contribution in [0.3, 0.4) is 0 Å². The van der Waals surface area contributed by atoms with E-state index in [0.717, 1.165) is 9.37 Å². The molecule has 1 aromatic rings. The number of hydrogen-bond acceptors (Lipinski definition) is 6. The summed E-state index contributed by atoms with van der Waals surface area (Å²) in [5.41, 5.74) is 0.667. The number of ether oxygens (including phenoxy) is 2. The minimum Gasteiger partial charge on any atom is -0.468 e. The molecule has 2 rings (SSSR count). The second-order valence-corrected chi connectivity index (χ2v) is 6.56. The van der Waals surface area contributed by atoms with Crippen molar-refractivity contribution in [1.82, 2.24) is 4.90 Å². The lowest BCUT2D eigenvalue weighted by Crippen LogP contribution is -2.44. The summed E-state index contributed by atoms with van der Waals surface area (Å²) in [6.45, 7) is -0.604. The molecule has 0 bridgehead atoms. The van der Waals surface area contributed by atoms with Gasteiger partial charge in [-0.05, 0) is 28.1 Å². The van der Waals surface area contributed by atoms with E-state index in [4.69, 9.17) is 0 Å². The first kappa shape index (κ1) is 19.9. The highest BCUT2D eigenvalue weighted by Gasteiger charge is 2.38. The summed E-state index contributed by atoms with van der Waals surface area (Å²) in [7, 11) is 2.38. The maximum Gasteiger partial charge on any atom is 0.325 e. The third kappa shape index (κ3) is 4.60. The number of carbonyl (C=O) groups is 4. The number of para-hydroxylation sites is 1. The van der Waals surface area contributed by atoms with Crippen molar-refractivity contribution in [1.29, 1.82) is 0 Å². The van der Waals surface area contributed by atoms with Gasteiger partial charge in [-0.25, -0.2) is 0 Å². The predicted octanol–water partition coefficient (Wildman–Crippen LogP) is 0.977. The Morgan fingerprint density at radius 3 is 2.27 bits per heavy atom. The van der Waals surface area contributed by atoms with E-state index in [1.165, 1.54) is 19.1 Å². The minimum absolute atomic E-state index is 0.000979. The van der Waals surface area contributed by atoms with Gasteiger partial charge in [-0.1, -0.05) is 12.1 Å². The van der Waals surface area contributed by atoms with Gasteiger partial charge in [0.1, 0.15) is 13.1 Å². The van der Waals surface area contributed by atoms with Crippen LogP contribution in [-0.2, 0) is 28.7 Å². The SMILES string of the molecule is COC(=O)CN(CC(=O)OC)C(=O)C1CC(=O)N(c2ccccc2Br)C1. The van der Waals surface area contributed by atoms with E-state index in [1.807, 2.05) is 6.07 Å². The minimum atomic E-state index is -0.663. The molecule has 0 spiro atoms. The van der Waals surface area contributed by atoms with Gasteiger partial charge >= 0.3 is 11.9 Å². The lowest BCUT2D eigenvalue weighted by Gasteiger charge is -2.23. The molecule has 2 amide bonds. The number of methoxy groups -OCH3 is 2. The third-order valence-electron chi connectivity index (χ3n) is 4.02. The molecule has 1 unspecified atom stereocenters. The van der Waals surface area contributed by atoms with Crippen molar-refractivity contribution in [3.63, 3.8) is 0 Å². The first-order chi connectivity index (χ1) is 12.4. The van der Waals surface area contributed by atoms with E-state index >= 15 is 0 Å². The Bertz CT molecular complexity index is 705. The Labute approximate surface area is 159 Å². The monoisotopic (exact) mass is 426 g/mol. The molecule has 0 saturated carbocycles. The molecule has 1 atom stereocenters. The molecule has 0 radical (unpaired) electrons. The quantitative estimate of drug-likeness (QED) is 0.629. The predicted molar refractivity (Wildman–Crippen MR) is 95.2 cm³/mol. The largest absolute Gasteiger partial charge is 0.468 e. The summed E-state index contributed by atoms with van der Waals surface area (Å²) in [6, 6.07) is 7.20. The van der Waals surface area contributed by atoms with E-state index in [9.17, 15) is 19.2 Å². The van der Waals surface area contributed by atoms with Crippen molar-refractivity contribution in [3.8, 4) is 0 Å². The first-order valence-corrected chi connectivity index (χ1v) is 8.64. The van der Waals surface area contributed by atoms with E-state index in [2.05, 4.69) is 25.4 Å². The summed E-state index contributed by atoms with van der Waals surface area (Å²) in [4.78, 5) is 50.8. The summed E-state index contributed by atoms with van der Waals surface area (Å²) in [5.74, 6) is -2.65. The van der Waals surface area contributed by atoms with Crippen LogP contribution in [0.1, 0.15) is 6.42 Å². The van der Waals surface area contributed by atoms with Crippen molar-refractivity contribution < 1.29 is 28.7 Å². The summed E-state index contributed by atoms with van der Waals surface area (Å²) in [5, 5.41) is 0. The van der Waals surface area contributed by atoms with E-state index < -0.39 is 23.8 Å². The lowest BCUT2D eigenvalue weighted by atomic mass is 10.1. The summed E-state index contributed by atoms with van der Waals surface area (Å²) in [6.07, 6.45) is -0.000979. The second-order valence-electron chi connectivity index (χ2n) is 5.70. The molecule has 1 heterocycles. The molecule has 0 N–H and O–H groups in total. The number of halogens is 1. The zero-order chi connectivity index (χ0) is 19.3. The number of nitrogens with zero attached hydrogens (tertiary/aromatic N) is 2. The van der Waals surface area contributed by atoms with Gasteiger partial charge in [0.2, 0.25) is 11.8 Å². The fourth-order valence-corrected chi connectivity index (χ4v) is 3.19. The van der Waals surface area contributed by atoms with Crippen LogP contribution in [0.15, 0.2) is 28.7 Å². The second kappa shape index (κ2) is 8.79. The highest BCUT2D eigenvalue weighted by molar-refractivity contribution is 9.10. The molecule has 8 nitrogen and oxygen atoms in total. The average Bonchev–Trinajstić information content (AvgIpc) is 3.02. The van der Waals surface area contributed by atoms with E-state index in [0.29, 0.717) is 5.69 Å². The van der Waals surface area contributed by atoms with Gasteiger partial charge in [-0.3, -0.25) is 19.2 Å². The van der Waals surface area contributed by atoms with Crippen LogP contribution in [0.4, 0.5) is 5.69 Å². The van der Waals surface area contributed by atoms with Gasteiger partial charge in [0.25, 0.3) is 0 Å². The van der Waals surface area contributed by atoms with Gasteiger partial charge in [0.15, 0.2) is 0 Å². The van der Waals surface area contributed by atoms with Crippen molar-refractivity contribution in [2.24, 2.45) is 5.92 Å². The Balaban J connectivity index is 2.16. The lowest BCUT2D eigenvalue weighted by molar-refractivity contribution is -0.153. The van der Waals surface area contributed by atoms with Crippen LogP contribution in [0, 0.1) is 5.92 Å². The Hall–Kier alpha value is -2.42. The van der Waals surface area contributed by atoms with Crippen molar-refractivity contribution in [2.75, 3.05) is 38.8 Å². The number of amides is 2. The number of esters is 2. The van der Waals surface area contributed by atoms with Crippen molar-refractivity contribution in [2.45, 2.75) is 6.42 Å². The molecule has 140 valence electrons. The number of hydrogen-bond donors (Lipinski definition) is 0. The first-order valence-electron chi connectivity index (χ1n) is 7.84. The zero-order valence-corrected chi connectivity index (χ0v) is 16.0. The molecular formula is C17H19BrN2O6. The summed E-state index contributed by atoms with van der Waals surface area (Å²) < 4.78 is 9.87. The number of carbonyl (C=O) groups excluding carboxylic acids is 4. The van der Waals surface area contributed by atoms with Gasteiger partial charge in [0.05, 0.1) is 25.8 Å². The smallest absolute Gasteiger partial charge is 0.325 e. The molecule has 0 aromatic heterocycles. The van der Waals surface area contributed by atoms with Gasteiger partial charge in [-0.2, -0.15) is 0 Å². The highest BCUT2D eigenvalue weighted by atomic mass is 79.9. The number of benzene rings is 1. The van der Waals surface area contributed by atoms with Crippen LogP contribution in [0.2, 0.25) is 0 Å². The van der Waals surface area contributed by atoms with Crippen LogP contribution >= 0.6 is 15.9 Å². The van der Waals surface area contributed by atoms with E-state index in [-0.39, 0.29) is 32.0 Å². The fraction of sp³-hybridized carbons (Fsp3) is 0.412. The van der Waals surface area contributed by atoms with Crippen LogP contribution < -0.4 is 4.90 Å². The Kier molecular flexibility index (Phi) is 6.73. The van der Waals surface area contributed by atoms with Crippen LogP contribution in [0.25, 0.3) is 0 Å². The van der Waals surface area contributed by atoms with Crippen molar-refractivity contribution in [3.05, 3.63) is 28.7 Å². The fourth-order valence-electron chi connectivity index (χ4n) is 2.69. The molecular weight excluding hydrogens is 408 g/mol. The van der Waals surface area contributed by atoms with Gasteiger partial charge in [0, 0.05) is 17.4 Å². The molecule has 1 aliphatic rings. The normalized spacial score (nSPS) is 16.3. The standard InChI is InChI=1S/C17H19BrN2O6/c1-25-15(22)9-19(10-16(23)26-2)17(24)11-7-14(21)20(8-11)13-6-4-3-5-12(13)18/h3-6,11H,7-10H2,1-2H3. The number of anilines is 1. The summed E-state index contributed by atoms with van der Waals surface area (Å²) >= 11 is 3.39. The molecule has 1 fully saturated rings. The maximum absolute atomic E-state index is 12.8. The average molecular weight is 427 g/mol. The van der Waals surface area contributed by atoms with Crippen LogP contribution in [-0.4, -0.2) is 62.5 Å². The third-order valence-corrected chi connectivity index (χ3v) is 4.70. The highest BCUT2D eigenvalue weighted by Crippen LogP contribution is 2.31. The molecule has 0 aliphatic carbocycles. The molecule has 9 heteroatoms. The Morgan fingerprint density at radius 1 is 1.15 bits per heavy atom. The van der Waals surface area contributed by atoms with E-state index in [1.54, 1.807) is 18.2 Å². The van der Waals surface area contributed by atoms with Gasteiger partial charge in [-0.15, -0.1) is 0 Å². The number of rotatable bonds is 6. The molecule has 1 saturated heterocycles. The van der Waals surface area contributed by atoms with Crippen LogP contribution in [0.5, 0.6) is 0 Å². The Morgan fingerprint density at radius 2 is 1.73 bits per heavy atom. The zero-order valence-electron chi connectivity index (χ0n) is 14.4. The molecule has 26 heavy (non-hydrogen) atoms. The molecule has 1 aliphatic heterocycles. The maximum atomic E-state index is 12.8. The van der Waals surface area contributed by atoms with Crippen molar-refractivity contribution >= 4 is 45.4 Å². The molecule has 1 aromatic carbocycles. The topological polar surface area (TPSA) is 93.2 Å².